The minimum Gasteiger partial charge on any atom is -0.508 e. The van der Waals surface area contributed by atoms with Gasteiger partial charge in [0.25, 0.3) is 0 Å². The number of aromatic hydroxyl groups is 2. The minimum atomic E-state index is 0.185. The van der Waals surface area contributed by atoms with Crippen molar-refractivity contribution in [2.24, 2.45) is 0 Å². The van der Waals surface area contributed by atoms with E-state index < -0.39 is 0 Å². The molecule has 0 heterocycles. The van der Waals surface area contributed by atoms with Gasteiger partial charge in [-0.1, -0.05) is 19.1 Å². The number of fused-ring (bicyclic) bond motifs is 1. The molecule has 2 heteroatoms. The largest absolute Gasteiger partial charge is 0.508 e. The molecular weight excluding hydrogens is 176 g/mol. The first-order valence-electron chi connectivity index (χ1n) is 4.82. The van der Waals surface area contributed by atoms with Gasteiger partial charge in [-0.05, 0) is 25.0 Å². The van der Waals surface area contributed by atoms with Crippen molar-refractivity contribution in [3.63, 3.8) is 0 Å². The maximum absolute atomic E-state index is 9.89. The second-order valence-corrected chi connectivity index (χ2v) is 3.87. The molecule has 2 N–H and O–H groups in total. The summed E-state index contributed by atoms with van der Waals surface area (Å²) < 4.78 is 0. The molecule has 0 fully saturated rings. The number of hydrogen-bond acceptors (Lipinski definition) is 2. The highest BCUT2D eigenvalue weighted by Crippen LogP contribution is 2.40. The molecule has 2 nitrogen and oxygen atoms in total. The molecule has 0 radical (unpaired) electrons. The summed E-state index contributed by atoms with van der Waals surface area (Å²) in [6.07, 6.45) is 4.79. The van der Waals surface area contributed by atoms with Crippen LogP contribution in [-0.4, -0.2) is 10.2 Å². The van der Waals surface area contributed by atoms with E-state index >= 15 is 0 Å². The first kappa shape index (κ1) is 9.13. The number of aryl methyl sites for hydroxylation is 1. The zero-order chi connectivity index (χ0) is 10.3. The van der Waals surface area contributed by atoms with Crippen molar-refractivity contribution in [3.8, 4) is 11.5 Å². The molecule has 0 bridgehead atoms. The Morgan fingerprint density at radius 2 is 2.07 bits per heavy atom. The van der Waals surface area contributed by atoms with Crippen LogP contribution in [0.1, 0.15) is 29.5 Å². The number of hydrogen-bond donors (Lipinski definition) is 2. The van der Waals surface area contributed by atoms with E-state index in [4.69, 9.17) is 0 Å². The van der Waals surface area contributed by atoms with Crippen LogP contribution in [0.3, 0.4) is 0 Å². The van der Waals surface area contributed by atoms with E-state index in [1.807, 2.05) is 13.0 Å². The van der Waals surface area contributed by atoms with Gasteiger partial charge in [0.15, 0.2) is 0 Å². The molecule has 0 saturated heterocycles. The van der Waals surface area contributed by atoms with Crippen molar-refractivity contribution >= 4 is 0 Å². The molecule has 0 aliphatic heterocycles. The van der Waals surface area contributed by atoms with E-state index in [1.54, 1.807) is 13.0 Å². The van der Waals surface area contributed by atoms with Gasteiger partial charge >= 0.3 is 0 Å². The van der Waals surface area contributed by atoms with Crippen LogP contribution in [0, 0.1) is 6.92 Å². The smallest absolute Gasteiger partial charge is 0.122 e. The fourth-order valence-electron chi connectivity index (χ4n) is 2.05. The van der Waals surface area contributed by atoms with Gasteiger partial charge in [-0.25, -0.2) is 0 Å². The highest BCUT2D eigenvalue weighted by atomic mass is 16.3. The molecule has 74 valence electrons. The summed E-state index contributed by atoms with van der Waals surface area (Å²) in [5.74, 6) is 0.811. The predicted octanol–water partition coefficient (Wildman–Crippen LogP) is 2.62. The maximum Gasteiger partial charge on any atom is 0.122 e. The van der Waals surface area contributed by atoms with Crippen LogP contribution in [-0.2, 0) is 6.42 Å². The van der Waals surface area contributed by atoms with E-state index in [0.29, 0.717) is 17.9 Å². The van der Waals surface area contributed by atoms with Crippen molar-refractivity contribution in [2.75, 3.05) is 0 Å². The third-order valence-electron chi connectivity index (χ3n) is 2.82. The van der Waals surface area contributed by atoms with Gasteiger partial charge in [-0.3, -0.25) is 0 Å². The minimum absolute atomic E-state index is 0.185. The van der Waals surface area contributed by atoms with Crippen LogP contribution in [0.25, 0.3) is 0 Å². The van der Waals surface area contributed by atoms with Crippen molar-refractivity contribution in [1.82, 2.24) is 0 Å². The topological polar surface area (TPSA) is 40.5 Å². The van der Waals surface area contributed by atoms with Crippen molar-refractivity contribution in [2.45, 2.75) is 26.2 Å². The second-order valence-electron chi connectivity index (χ2n) is 3.87. The van der Waals surface area contributed by atoms with Crippen LogP contribution in [0.15, 0.2) is 18.2 Å². The molecule has 2 rings (SSSR count). The fourth-order valence-corrected chi connectivity index (χ4v) is 2.05. The van der Waals surface area contributed by atoms with Crippen LogP contribution in [0.2, 0.25) is 0 Å². The van der Waals surface area contributed by atoms with E-state index in [2.05, 4.69) is 6.08 Å². The molecule has 1 unspecified atom stereocenters. The van der Waals surface area contributed by atoms with E-state index in [1.165, 1.54) is 0 Å². The average Bonchev–Trinajstić information content (AvgIpc) is 2.14. The third kappa shape index (κ3) is 1.18. The van der Waals surface area contributed by atoms with Gasteiger partial charge in [0, 0.05) is 17.0 Å². The normalized spacial score (nSPS) is 19.4. The lowest BCUT2D eigenvalue weighted by Crippen LogP contribution is -2.03. The number of allylic oxidation sites excluding steroid dienone is 2. The summed E-state index contributed by atoms with van der Waals surface area (Å²) in [4.78, 5) is 0. The van der Waals surface area contributed by atoms with Gasteiger partial charge in [0.1, 0.15) is 11.5 Å². The van der Waals surface area contributed by atoms with Gasteiger partial charge in [-0.2, -0.15) is 0 Å². The monoisotopic (exact) mass is 190 g/mol. The summed E-state index contributed by atoms with van der Waals surface area (Å²) in [5.41, 5.74) is 2.48. The first-order chi connectivity index (χ1) is 6.61. The first-order valence-corrected chi connectivity index (χ1v) is 4.82. The summed E-state index contributed by atoms with van der Waals surface area (Å²) in [6.45, 7) is 3.83. The quantitative estimate of drug-likeness (QED) is 0.487. The Morgan fingerprint density at radius 3 is 2.79 bits per heavy atom. The van der Waals surface area contributed by atoms with Gasteiger partial charge in [0.2, 0.25) is 0 Å². The Labute approximate surface area is 83.5 Å². The molecule has 14 heavy (non-hydrogen) atoms. The number of rotatable bonds is 0. The van der Waals surface area contributed by atoms with Crippen LogP contribution in [0.5, 0.6) is 11.5 Å². The number of benzene rings is 1. The predicted molar refractivity (Wildman–Crippen MR) is 55.8 cm³/mol. The molecule has 0 aromatic heterocycles. The highest BCUT2D eigenvalue weighted by molar-refractivity contribution is 5.56. The SMILES string of the molecule is Cc1cc(O)c2c(c1O)C(C)C=CC2. The Hall–Kier alpha value is -1.44. The Kier molecular flexibility index (Phi) is 1.99. The summed E-state index contributed by atoms with van der Waals surface area (Å²) in [6, 6.07) is 1.63. The van der Waals surface area contributed by atoms with Crippen molar-refractivity contribution in [3.05, 3.63) is 34.9 Å². The van der Waals surface area contributed by atoms with Crippen LogP contribution < -0.4 is 0 Å². The van der Waals surface area contributed by atoms with Gasteiger partial charge < -0.3 is 10.2 Å². The molecular formula is C12H14O2. The van der Waals surface area contributed by atoms with Gasteiger partial charge in [-0.15, -0.1) is 0 Å². The van der Waals surface area contributed by atoms with Crippen molar-refractivity contribution in [1.29, 1.82) is 0 Å². The molecule has 0 spiro atoms. The average molecular weight is 190 g/mol. The van der Waals surface area contributed by atoms with E-state index in [-0.39, 0.29) is 5.92 Å². The maximum atomic E-state index is 9.89. The van der Waals surface area contributed by atoms with E-state index in [9.17, 15) is 10.2 Å². The molecule has 1 aliphatic carbocycles. The van der Waals surface area contributed by atoms with E-state index in [0.717, 1.165) is 16.7 Å². The number of phenols is 2. The Balaban J connectivity index is 2.71. The number of phenolic OH excluding ortho intramolecular Hbond substituents is 2. The zero-order valence-corrected chi connectivity index (χ0v) is 8.41. The summed E-state index contributed by atoms with van der Waals surface area (Å²) in [7, 11) is 0. The molecule has 1 atom stereocenters. The lowest BCUT2D eigenvalue weighted by molar-refractivity contribution is 0.443. The van der Waals surface area contributed by atoms with Gasteiger partial charge in [0.05, 0.1) is 0 Å². The standard InChI is InChI=1S/C12H14O2/c1-7-4-3-5-9-10(13)6-8(2)12(14)11(7)9/h3-4,6-7,13-14H,5H2,1-2H3. The Bertz CT molecular complexity index is 405. The van der Waals surface area contributed by atoms with Crippen molar-refractivity contribution < 1.29 is 10.2 Å². The summed E-state index contributed by atoms with van der Waals surface area (Å²) in [5, 5.41) is 19.6. The van der Waals surface area contributed by atoms with Crippen LogP contribution >= 0.6 is 0 Å². The lowest BCUT2D eigenvalue weighted by Gasteiger charge is -2.21. The zero-order valence-electron chi connectivity index (χ0n) is 8.41. The second kappa shape index (κ2) is 3.05. The molecule has 1 aromatic rings. The third-order valence-corrected chi connectivity index (χ3v) is 2.82. The fraction of sp³-hybridized carbons (Fsp3) is 0.333. The Morgan fingerprint density at radius 1 is 1.36 bits per heavy atom. The lowest BCUT2D eigenvalue weighted by atomic mass is 9.86. The molecule has 0 amide bonds. The molecule has 0 saturated carbocycles. The molecule has 1 aliphatic rings. The van der Waals surface area contributed by atoms with Crippen LogP contribution in [0.4, 0.5) is 0 Å². The highest BCUT2D eigenvalue weighted by Gasteiger charge is 2.20. The molecule has 1 aromatic carbocycles. The summed E-state index contributed by atoms with van der Waals surface area (Å²) >= 11 is 0.